The van der Waals surface area contributed by atoms with Crippen molar-refractivity contribution in [2.75, 3.05) is 32.4 Å². The average Bonchev–Trinajstić information content (AvgIpc) is 2.51. The van der Waals surface area contributed by atoms with Crippen LogP contribution in [-0.2, 0) is 10.5 Å². The smallest absolute Gasteiger partial charge is 0.230 e. The van der Waals surface area contributed by atoms with Crippen LogP contribution in [0.2, 0.25) is 5.02 Å². The van der Waals surface area contributed by atoms with Crippen molar-refractivity contribution in [3.8, 4) is 0 Å². The number of carbonyl (C=O) groups excluding carboxylic acids is 1. The second-order valence-electron chi connectivity index (χ2n) is 5.60. The summed E-state index contributed by atoms with van der Waals surface area (Å²) < 4.78 is 0. The topological polar surface area (TPSA) is 33.5 Å². The predicted octanol–water partition coefficient (Wildman–Crippen LogP) is 2.39. The van der Waals surface area contributed by atoms with Crippen molar-refractivity contribution in [2.24, 2.45) is 0 Å². The van der Waals surface area contributed by atoms with Crippen molar-refractivity contribution >= 4 is 29.3 Å². The van der Waals surface area contributed by atoms with E-state index in [1.54, 1.807) is 16.7 Å². The van der Waals surface area contributed by atoms with Crippen LogP contribution in [-0.4, -0.2) is 38.3 Å². The van der Waals surface area contributed by atoms with Gasteiger partial charge in [-0.15, -0.1) is 11.8 Å². The number of quaternary nitrogens is 1. The fourth-order valence-electron chi connectivity index (χ4n) is 2.14. The fourth-order valence-corrected chi connectivity index (χ4v) is 3.28. The molecule has 0 fully saturated rings. The minimum absolute atomic E-state index is 0.114. The molecule has 2 N–H and O–H groups in total. The van der Waals surface area contributed by atoms with Crippen LogP contribution in [0.25, 0.3) is 0 Å². The summed E-state index contributed by atoms with van der Waals surface area (Å²) >= 11 is 7.69. The summed E-state index contributed by atoms with van der Waals surface area (Å²) in [7, 11) is 2.22. The van der Waals surface area contributed by atoms with Gasteiger partial charge in [0.15, 0.2) is 0 Å². The molecule has 0 aromatic heterocycles. The molecule has 1 aromatic rings. The quantitative estimate of drug-likeness (QED) is 0.605. The number of amides is 1. The summed E-state index contributed by atoms with van der Waals surface area (Å²) in [4.78, 5) is 13.3. The van der Waals surface area contributed by atoms with Gasteiger partial charge >= 0.3 is 0 Å². The minimum Gasteiger partial charge on any atom is -0.355 e. The minimum atomic E-state index is 0.114. The number of carbonyl (C=O) groups is 1. The Bertz CT molecular complexity index is 442. The lowest BCUT2D eigenvalue weighted by atomic mass is 10.2. The highest BCUT2D eigenvalue weighted by Crippen LogP contribution is 2.20. The maximum atomic E-state index is 11.8. The molecular weight excluding hydrogens is 316 g/mol. The number of hydrogen-bond donors (Lipinski definition) is 2. The van der Waals surface area contributed by atoms with Gasteiger partial charge in [-0.2, -0.15) is 0 Å². The molecule has 0 spiro atoms. The summed E-state index contributed by atoms with van der Waals surface area (Å²) in [5.41, 5.74) is 1.09. The van der Waals surface area contributed by atoms with Crippen molar-refractivity contribution in [3.05, 3.63) is 34.9 Å². The first kappa shape index (κ1) is 19.3. The average molecular weight is 344 g/mol. The Labute approximate surface area is 143 Å². The molecule has 0 aliphatic heterocycles. The molecule has 1 unspecified atom stereocenters. The lowest BCUT2D eigenvalue weighted by Crippen LogP contribution is -3.09. The van der Waals surface area contributed by atoms with E-state index in [9.17, 15) is 4.79 Å². The fraction of sp³-hybridized carbons (Fsp3) is 0.588. The van der Waals surface area contributed by atoms with Gasteiger partial charge < -0.3 is 10.2 Å². The Kier molecular flexibility index (Phi) is 10.4. The van der Waals surface area contributed by atoms with Crippen LogP contribution < -0.4 is 10.2 Å². The van der Waals surface area contributed by atoms with E-state index in [0.29, 0.717) is 5.75 Å². The van der Waals surface area contributed by atoms with E-state index in [2.05, 4.69) is 19.3 Å². The highest BCUT2D eigenvalue weighted by Gasteiger charge is 2.05. The number of rotatable bonds is 11. The van der Waals surface area contributed by atoms with Crippen molar-refractivity contribution in [1.82, 2.24) is 5.32 Å². The summed E-state index contributed by atoms with van der Waals surface area (Å²) in [6.07, 6.45) is 3.56. The molecule has 0 bridgehead atoms. The molecule has 1 atom stereocenters. The molecule has 0 saturated carbocycles. The second-order valence-corrected chi connectivity index (χ2v) is 6.99. The first-order valence-corrected chi connectivity index (χ1v) is 9.56. The largest absolute Gasteiger partial charge is 0.355 e. The van der Waals surface area contributed by atoms with Gasteiger partial charge in [0.2, 0.25) is 5.91 Å². The van der Waals surface area contributed by atoms with E-state index in [-0.39, 0.29) is 5.91 Å². The lowest BCUT2D eigenvalue weighted by molar-refractivity contribution is -0.879. The van der Waals surface area contributed by atoms with Gasteiger partial charge in [-0.05, 0) is 18.1 Å². The first-order chi connectivity index (χ1) is 10.6. The molecule has 1 rings (SSSR count). The third-order valence-electron chi connectivity index (χ3n) is 3.51. The molecular formula is C17H28ClN2OS+. The van der Waals surface area contributed by atoms with Crippen LogP contribution in [0.3, 0.4) is 0 Å². The number of unbranched alkanes of at least 4 members (excludes halogenated alkanes) is 1. The Morgan fingerprint density at radius 1 is 1.27 bits per heavy atom. The molecule has 0 aliphatic carbocycles. The Balaban J connectivity index is 2.05. The van der Waals surface area contributed by atoms with Gasteiger partial charge in [0.05, 0.1) is 25.9 Å². The van der Waals surface area contributed by atoms with Gasteiger partial charge in [-0.3, -0.25) is 4.79 Å². The molecule has 0 aliphatic rings. The van der Waals surface area contributed by atoms with Gasteiger partial charge in [0.25, 0.3) is 0 Å². The standard InChI is InChI=1S/C17H27ClN2OS/c1-3-4-11-20(2)12-7-10-19-17(21)14-22-13-15-8-5-6-9-16(15)18/h5-6,8-9H,3-4,7,10-14H2,1-2H3,(H,19,21)/p+1. The van der Waals surface area contributed by atoms with Crippen molar-refractivity contribution in [1.29, 1.82) is 0 Å². The van der Waals surface area contributed by atoms with Crippen molar-refractivity contribution < 1.29 is 9.69 Å². The SMILES string of the molecule is CCCC[NH+](C)CCCNC(=O)CSCc1ccccc1Cl. The van der Waals surface area contributed by atoms with Crippen LogP contribution in [0, 0.1) is 0 Å². The molecule has 124 valence electrons. The second kappa shape index (κ2) is 11.8. The summed E-state index contributed by atoms with van der Waals surface area (Å²) in [5, 5.41) is 3.76. The van der Waals surface area contributed by atoms with Gasteiger partial charge in [-0.25, -0.2) is 0 Å². The maximum absolute atomic E-state index is 11.8. The molecule has 3 nitrogen and oxygen atoms in total. The van der Waals surface area contributed by atoms with E-state index >= 15 is 0 Å². The molecule has 1 aromatic carbocycles. The van der Waals surface area contributed by atoms with Gasteiger partial charge in [0.1, 0.15) is 0 Å². The zero-order valence-electron chi connectivity index (χ0n) is 13.7. The molecule has 0 radical (unpaired) electrons. The van der Waals surface area contributed by atoms with Crippen LogP contribution >= 0.6 is 23.4 Å². The van der Waals surface area contributed by atoms with E-state index in [0.717, 1.165) is 35.8 Å². The lowest BCUT2D eigenvalue weighted by Gasteiger charge is -2.13. The molecule has 0 heterocycles. The third kappa shape index (κ3) is 8.66. The van der Waals surface area contributed by atoms with E-state index in [4.69, 9.17) is 11.6 Å². The summed E-state index contributed by atoms with van der Waals surface area (Å²) in [5.74, 6) is 1.38. The molecule has 0 saturated heterocycles. The number of benzene rings is 1. The molecule has 1 amide bonds. The van der Waals surface area contributed by atoms with E-state index in [1.807, 2.05) is 24.3 Å². The van der Waals surface area contributed by atoms with E-state index in [1.165, 1.54) is 19.4 Å². The number of thioether (sulfide) groups is 1. The Morgan fingerprint density at radius 2 is 2.00 bits per heavy atom. The monoisotopic (exact) mass is 343 g/mol. The zero-order valence-corrected chi connectivity index (χ0v) is 15.2. The Hall–Kier alpha value is -0.710. The van der Waals surface area contributed by atoms with Crippen molar-refractivity contribution in [2.45, 2.75) is 31.9 Å². The predicted molar refractivity (Wildman–Crippen MR) is 96.8 cm³/mol. The van der Waals surface area contributed by atoms with Crippen LogP contribution in [0.15, 0.2) is 24.3 Å². The van der Waals surface area contributed by atoms with Crippen LogP contribution in [0.5, 0.6) is 0 Å². The highest BCUT2D eigenvalue weighted by atomic mass is 35.5. The molecule has 5 heteroatoms. The van der Waals surface area contributed by atoms with Gasteiger partial charge in [-0.1, -0.05) is 43.1 Å². The van der Waals surface area contributed by atoms with Crippen LogP contribution in [0.4, 0.5) is 0 Å². The number of hydrogen-bond acceptors (Lipinski definition) is 2. The van der Waals surface area contributed by atoms with E-state index < -0.39 is 0 Å². The normalized spacial score (nSPS) is 12.1. The first-order valence-electron chi connectivity index (χ1n) is 8.02. The van der Waals surface area contributed by atoms with Crippen molar-refractivity contribution in [3.63, 3.8) is 0 Å². The zero-order chi connectivity index (χ0) is 16.2. The Morgan fingerprint density at radius 3 is 2.73 bits per heavy atom. The number of halogens is 1. The summed E-state index contributed by atoms with van der Waals surface area (Å²) in [6.45, 7) is 5.33. The third-order valence-corrected chi connectivity index (χ3v) is 4.86. The summed E-state index contributed by atoms with van der Waals surface area (Å²) in [6, 6.07) is 7.78. The molecule has 22 heavy (non-hydrogen) atoms. The highest BCUT2D eigenvalue weighted by molar-refractivity contribution is 7.99. The van der Waals surface area contributed by atoms with Crippen LogP contribution in [0.1, 0.15) is 31.7 Å². The number of nitrogens with one attached hydrogen (secondary N) is 2. The van der Waals surface area contributed by atoms with Gasteiger partial charge in [0, 0.05) is 23.7 Å². The maximum Gasteiger partial charge on any atom is 0.230 e.